The van der Waals surface area contributed by atoms with Crippen LogP contribution in [0.4, 0.5) is 0 Å². The number of rotatable bonds is 6. The van der Waals surface area contributed by atoms with Crippen molar-refractivity contribution < 1.29 is 19.1 Å². The SMILES string of the molecule is Cc1cc(Br)c(OCc2ccc(C(=O)OCC(N)=O)cc2)c(Br)c1. The third-order valence-electron chi connectivity index (χ3n) is 3.06. The molecule has 0 aliphatic heterocycles. The van der Waals surface area contributed by atoms with Gasteiger partial charge in [0.05, 0.1) is 14.5 Å². The summed E-state index contributed by atoms with van der Waals surface area (Å²) in [5.74, 6) is -0.571. The predicted octanol–water partition coefficient (Wildman–Crippen LogP) is 3.74. The molecule has 0 unspecified atom stereocenters. The maximum Gasteiger partial charge on any atom is 0.338 e. The van der Waals surface area contributed by atoms with Crippen molar-refractivity contribution in [3.63, 3.8) is 0 Å². The molecule has 7 heteroatoms. The Morgan fingerprint density at radius 1 is 1.08 bits per heavy atom. The van der Waals surface area contributed by atoms with Gasteiger partial charge in [-0.3, -0.25) is 4.79 Å². The van der Waals surface area contributed by atoms with Gasteiger partial charge in [-0.2, -0.15) is 0 Å². The molecule has 1 amide bonds. The Morgan fingerprint density at radius 2 is 1.67 bits per heavy atom. The minimum absolute atomic E-state index is 0.344. The molecule has 0 radical (unpaired) electrons. The highest BCUT2D eigenvalue weighted by atomic mass is 79.9. The van der Waals surface area contributed by atoms with Crippen molar-refractivity contribution in [1.82, 2.24) is 0 Å². The number of esters is 1. The Morgan fingerprint density at radius 3 is 2.21 bits per heavy atom. The van der Waals surface area contributed by atoms with E-state index in [-0.39, 0.29) is 0 Å². The minimum atomic E-state index is -0.692. The summed E-state index contributed by atoms with van der Waals surface area (Å²) >= 11 is 6.95. The number of primary amides is 1. The Kier molecular flexibility index (Phi) is 6.39. The highest BCUT2D eigenvalue weighted by molar-refractivity contribution is 9.11. The molecule has 2 aromatic rings. The van der Waals surface area contributed by atoms with Crippen molar-refractivity contribution in [2.24, 2.45) is 5.73 Å². The first-order chi connectivity index (χ1) is 11.4. The molecule has 0 aliphatic carbocycles. The first-order valence-electron chi connectivity index (χ1n) is 6.99. The van der Waals surface area contributed by atoms with Gasteiger partial charge >= 0.3 is 5.97 Å². The van der Waals surface area contributed by atoms with Crippen LogP contribution in [0.3, 0.4) is 0 Å². The van der Waals surface area contributed by atoms with Gasteiger partial charge in [0.2, 0.25) is 0 Å². The number of nitrogens with two attached hydrogens (primary N) is 1. The van der Waals surface area contributed by atoms with Crippen molar-refractivity contribution in [1.29, 1.82) is 0 Å². The molecule has 0 saturated heterocycles. The molecule has 0 bridgehead atoms. The number of amides is 1. The zero-order valence-electron chi connectivity index (χ0n) is 12.8. The fraction of sp³-hybridized carbons (Fsp3) is 0.176. The Bertz CT molecular complexity index is 737. The number of carbonyl (C=O) groups excluding carboxylic acids is 2. The average molecular weight is 457 g/mol. The van der Waals surface area contributed by atoms with Crippen LogP contribution >= 0.6 is 31.9 Å². The molecule has 5 nitrogen and oxygen atoms in total. The van der Waals surface area contributed by atoms with Crippen molar-refractivity contribution >= 4 is 43.7 Å². The van der Waals surface area contributed by atoms with Gasteiger partial charge in [-0.05, 0) is 74.2 Å². The van der Waals surface area contributed by atoms with Gasteiger partial charge in [0.15, 0.2) is 6.61 Å². The minimum Gasteiger partial charge on any atom is -0.487 e. The van der Waals surface area contributed by atoms with E-state index in [2.05, 4.69) is 31.9 Å². The van der Waals surface area contributed by atoms with Crippen molar-refractivity contribution in [3.8, 4) is 5.75 Å². The lowest BCUT2D eigenvalue weighted by molar-refractivity contribution is -0.121. The van der Waals surface area contributed by atoms with E-state index >= 15 is 0 Å². The summed E-state index contributed by atoms with van der Waals surface area (Å²) in [5.41, 5.74) is 7.28. The van der Waals surface area contributed by atoms with Crippen LogP contribution in [0.25, 0.3) is 0 Å². The first-order valence-corrected chi connectivity index (χ1v) is 8.58. The van der Waals surface area contributed by atoms with Crippen LogP contribution in [-0.2, 0) is 16.1 Å². The fourth-order valence-electron chi connectivity index (χ4n) is 1.94. The zero-order valence-corrected chi connectivity index (χ0v) is 16.0. The van der Waals surface area contributed by atoms with Crippen molar-refractivity contribution in [2.45, 2.75) is 13.5 Å². The molecule has 0 aliphatic rings. The highest BCUT2D eigenvalue weighted by Gasteiger charge is 2.10. The van der Waals surface area contributed by atoms with Crippen LogP contribution in [0.5, 0.6) is 5.75 Å². The van der Waals surface area contributed by atoms with Gasteiger partial charge in [-0.1, -0.05) is 12.1 Å². The van der Waals surface area contributed by atoms with Gasteiger partial charge in [0.1, 0.15) is 12.4 Å². The predicted molar refractivity (Wildman–Crippen MR) is 96.8 cm³/mol. The number of hydrogen-bond acceptors (Lipinski definition) is 4. The number of benzene rings is 2. The quantitative estimate of drug-likeness (QED) is 0.671. The van der Waals surface area contributed by atoms with Crippen molar-refractivity contribution in [3.05, 3.63) is 62.0 Å². The lowest BCUT2D eigenvalue weighted by Gasteiger charge is -2.11. The summed E-state index contributed by atoms with van der Waals surface area (Å²) in [6, 6.07) is 10.7. The average Bonchev–Trinajstić information content (AvgIpc) is 2.52. The molecule has 2 rings (SSSR count). The van der Waals surface area contributed by atoms with Crippen LogP contribution in [0.2, 0.25) is 0 Å². The van der Waals surface area contributed by atoms with Crippen LogP contribution in [0.1, 0.15) is 21.5 Å². The molecule has 2 aromatic carbocycles. The maximum atomic E-state index is 11.7. The number of carbonyl (C=O) groups is 2. The number of ether oxygens (including phenoxy) is 2. The second-order valence-corrected chi connectivity index (χ2v) is 6.79. The summed E-state index contributed by atoms with van der Waals surface area (Å²) in [6.45, 7) is 1.91. The first kappa shape index (κ1) is 18.5. The summed E-state index contributed by atoms with van der Waals surface area (Å²) in [5, 5.41) is 0. The molecule has 0 saturated carbocycles. The maximum absolute atomic E-state index is 11.7. The third kappa shape index (κ3) is 5.07. The van der Waals surface area contributed by atoms with Crippen LogP contribution in [0, 0.1) is 6.92 Å². The van der Waals surface area contributed by atoms with Gasteiger partial charge < -0.3 is 15.2 Å². The molecular formula is C17H15Br2NO4. The van der Waals surface area contributed by atoms with Gasteiger partial charge in [-0.25, -0.2) is 4.79 Å². The molecule has 0 heterocycles. The summed E-state index contributed by atoms with van der Waals surface area (Å²) < 4.78 is 12.3. The lowest BCUT2D eigenvalue weighted by atomic mass is 10.1. The van der Waals surface area contributed by atoms with E-state index in [1.807, 2.05) is 19.1 Å². The second kappa shape index (κ2) is 8.30. The number of hydrogen-bond donors (Lipinski definition) is 1. The van der Waals surface area contributed by atoms with Gasteiger partial charge in [0.25, 0.3) is 5.91 Å². The summed E-state index contributed by atoms with van der Waals surface area (Å²) in [7, 11) is 0. The van der Waals surface area contributed by atoms with E-state index in [1.54, 1.807) is 24.3 Å². The van der Waals surface area contributed by atoms with Crippen LogP contribution in [0.15, 0.2) is 45.3 Å². The number of halogens is 2. The topological polar surface area (TPSA) is 78.6 Å². The Hall–Kier alpha value is -1.86. The van der Waals surface area contributed by atoms with Crippen molar-refractivity contribution in [2.75, 3.05) is 6.61 Å². The second-order valence-electron chi connectivity index (χ2n) is 5.09. The largest absolute Gasteiger partial charge is 0.487 e. The lowest BCUT2D eigenvalue weighted by Crippen LogP contribution is -2.20. The van der Waals surface area contributed by atoms with E-state index in [0.29, 0.717) is 17.9 Å². The molecule has 0 aromatic heterocycles. The monoisotopic (exact) mass is 455 g/mol. The fourth-order valence-corrected chi connectivity index (χ4v) is 3.58. The van der Waals surface area contributed by atoms with E-state index in [1.165, 1.54) is 0 Å². The van der Waals surface area contributed by atoms with Gasteiger partial charge in [-0.15, -0.1) is 0 Å². The Labute approximate surface area is 156 Å². The van der Waals surface area contributed by atoms with Crippen LogP contribution < -0.4 is 10.5 Å². The van der Waals surface area contributed by atoms with Crippen LogP contribution in [-0.4, -0.2) is 18.5 Å². The normalized spacial score (nSPS) is 10.3. The molecule has 0 spiro atoms. The molecule has 126 valence electrons. The molecule has 0 fully saturated rings. The standard InChI is InChI=1S/C17H15Br2NO4/c1-10-6-13(18)16(14(19)7-10)23-8-11-2-4-12(5-3-11)17(22)24-9-15(20)21/h2-7H,8-9H2,1H3,(H2,20,21). The molecular weight excluding hydrogens is 442 g/mol. The summed E-state index contributed by atoms with van der Waals surface area (Å²) in [4.78, 5) is 22.3. The highest BCUT2D eigenvalue weighted by Crippen LogP contribution is 2.35. The number of aryl methyl sites for hydroxylation is 1. The third-order valence-corrected chi connectivity index (χ3v) is 4.24. The zero-order chi connectivity index (χ0) is 17.7. The molecule has 24 heavy (non-hydrogen) atoms. The van der Waals surface area contributed by atoms with E-state index in [0.717, 1.165) is 20.1 Å². The smallest absolute Gasteiger partial charge is 0.338 e. The molecule has 0 atom stereocenters. The van der Waals surface area contributed by atoms with E-state index in [9.17, 15) is 9.59 Å². The van der Waals surface area contributed by atoms with E-state index < -0.39 is 18.5 Å². The molecule has 2 N–H and O–H groups in total. The summed E-state index contributed by atoms with van der Waals surface area (Å²) in [6.07, 6.45) is 0. The van der Waals surface area contributed by atoms with Gasteiger partial charge in [0, 0.05) is 0 Å². The van der Waals surface area contributed by atoms with E-state index in [4.69, 9.17) is 15.2 Å². The Balaban J connectivity index is 2.00.